The average Bonchev–Trinajstić information content (AvgIpc) is 3.37. The van der Waals surface area contributed by atoms with Crippen LogP contribution in [0.1, 0.15) is 47.3 Å². The predicted octanol–water partition coefficient (Wildman–Crippen LogP) is 4.30. The molecule has 2 N–H and O–H groups in total. The number of halogens is 3. The van der Waals surface area contributed by atoms with Crippen LogP contribution in [0.4, 0.5) is 19.0 Å². The molecule has 42 heavy (non-hydrogen) atoms. The van der Waals surface area contributed by atoms with E-state index >= 15 is 0 Å². The lowest BCUT2D eigenvalue weighted by atomic mass is 10.1. The van der Waals surface area contributed by atoms with E-state index in [0.717, 1.165) is 12.1 Å². The number of pyridine rings is 1. The maximum absolute atomic E-state index is 12.9. The minimum Gasteiger partial charge on any atom is -0.489 e. The first-order valence-electron chi connectivity index (χ1n) is 13.1. The maximum atomic E-state index is 12.9. The number of nitrogens with one attached hydrogen (secondary N) is 1. The van der Waals surface area contributed by atoms with Crippen molar-refractivity contribution in [2.24, 2.45) is 0 Å². The van der Waals surface area contributed by atoms with Gasteiger partial charge in [0.2, 0.25) is 0 Å². The Morgan fingerprint density at radius 2 is 1.86 bits per heavy atom. The Hall–Kier alpha value is -4.15. The van der Waals surface area contributed by atoms with Crippen molar-refractivity contribution in [3.8, 4) is 11.8 Å². The number of aromatic nitrogens is 1. The number of rotatable bonds is 10. The first-order chi connectivity index (χ1) is 19.9. The fourth-order valence-corrected chi connectivity index (χ4v) is 5.58. The first-order valence-corrected chi connectivity index (χ1v) is 14.8. The molecular weight excluding hydrogens is 573 g/mol. The molecule has 1 aliphatic rings. The number of aliphatic hydroxyl groups excluding tert-OH is 1. The van der Waals surface area contributed by atoms with Gasteiger partial charge in [-0.1, -0.05) is 19.1 Å². The van der Waals surface area contributed by atoms with Gasteiger partial charge in [0, 0.05) is 18.7 Å². The predicted molar refractivity (Wildman–Crippen MR) is 148 cm³/mol. The van der Waals surface area contributed by atoms with Crippen LogP contribution in [0.5, 0.6) is 5.75 Å². The van der Waals surface area contributed by atoms with Crippen LogP contribution in [-0.2, 0) is 16.0 Å². The smallest absolute Gasteiger partial charge is 0.416 e. The number of carbonyl (C=O) groups is 1. The van der Waals surface area contributed by atoms with Crippen LogP contribution in [0.3, 0.4) is 0 Å². The van der Waals surface area contributed by atoms with Gasteiger partial charge in [-0.2, -0.15) is 18.4 Å². The average molecular weight is 603 g/mol. The number of benzene rings is 2. The van der Waals surface area contributed by atoms with Gasteiger partial charge in [-0.05, 0) is 54.1 Å². The van der Waals surface area contributed by atoms with Crippen molar-refractivity contribution in [1.29, 1.82) is 5.26 Å². The minimum absolute atomic E-state index is 0.0446. The van der Waals surface area contributed by atoms with Crippen molar-refractivity contribution in [2.75, 3.05) is 23.8 Å². The number of hydrogen-bond acceptors (Lipinski definition) is 8. The number of alkyl halides is 3. The summed E-state index contributed by atoms with van der Waals surface area (Å²) >= 11 is 0. The Kier molecular flexibility index (Phi) is 9.38. The molecule has 0 aliphatic carbocycles. The van der Waals surface area contributed by atoms with Crippen LogP contribution in [0.15, 0.2) is 71.8 Å². The molecule has 1 fully saturated rings. The summed E-state index contributed by atoms with van der Waals surface area (Å²) in [7, 11) is -3.38. The monoisotopic (exact) mass is 602 g/mol. The van der Waals surface area contributed by atoms with Gasteiger partial charge in [0.1, 0.15) is 17.7 Å². The van der Waals surface area contributed by atoms with Crippen molar-refractivity contribution in [3.05, 3.63) is 83.6 Å². The number of nitrogens with zero attached hydrogens (tertiary/aromatic N) is 3. The van der Waals surface area contributed by atoms with Gasteiger partial charge in [-0.15, -0.1) is 0 Å². The fourth-order valence-electron chi connectivity index (χ4n) is 4.69. The number of carbonyl (C=O) groups excluding carboxylic acids is 1. The summed E-state index contributed by atoms with van der Waals surface area (Å²) in [6.45, 7) is 1.46. The van der Waals surface area contributed by atoms with Crippen LogP contribution < -0.4 is 15.0 Å². The largest absolute Gasteiger partial charge is 0.489 e. The topological polar surface area (TPSA) is 133 Å². The van der Waals surface area contributed by atoms with Crippen molar-refractivity contribution in [3.63, 3.8) is 0 Å². The molecule has 0 bridgehead atoms. The summed E-state index contributed by atoms with van der Waals surface area (Å²) < 4.78 is 68.6. The summed E-state index contributed by atoms with van der Waals surface area (Å²) in [6, 6.07) is 14.6. The Balaban J connectivity index is 1.42. The Morgan fingerprint density at radius 3 is 2.40 bits per heavy atom. The second-order valence-corrected chi connectivity index (χ2v) is 12.0. The lowest BCUT2D eigenvalue weighted by Crippen LogP contribution is -2.32. The molecule has 1 saturated heterocycles. The molecule has 0 spiro atoms. The third-order valence-corrected chi connectivity index (χ3v) is 8.75. The highest BCUT2D eigenvalue weighted by Gasteiger charge is 2.35. The zero-order valence-corrected chi connectivity index (χ0v) is 23.4. The molecule has 2 aromatic carbocycles. The molecular formula is C29H29F3N4O5S. The van der Waals surface area contributed by atoms with E-state index < -0.39 is 46.2 Å². The van der Waals surface area contributed by atoms with E-state index in [4.69, 9.17) is 4.74 Å². The molecule has 1 aliphatic heterocycles. The molecule has 3 aromatic rings. The van der Waals surface area contributed by atoms with E-state index in [1.165, 1.54) is 42.6 Å². The number of aliphatic hydroxyl groups is 1. The number of hydrogen-bond donors (Lipinski definition) is 2. The Morgan fingerprint density at radius 1 is 1.17 bits per heavy atom. The van der Waals surface area contributed by atoms with Crippen molar-refractivity contribution in [2.45, 2.75) is 49.0 Å². The van der Waals surface area contributed by atoms with E-state index in [9.17, 15) is 36.8 Å². The van der Waals surface area contributed by atoms with E-state index in [2.05, 4.69) is 16.4 Å². The molecule has 3 atom stereocenters. The zero-order chi connectivity index (χ0) is 30.5. The standard InChI is InChI=1S/C29H29F3N4O5S/c1-2-42(39,40)25-10-3-19(4-11-25)26(18-37)35-28(38)20-5-12-27(34-16-20)36-17-24(15-22(36)13-14-33)41-23-8-6-21(7-9-23)29(30,31)32/h3-12,16,22,24,26,37H,2,13,15,17-18H2,1H3,(H,35,38)/t22-,24-,26+/m1/s1. The van der Waals surface area contributed by atoms with Crippen LogP contribution in [0.2, 0.25) is 0 Å². The second kappa shape index (κ2) is 12.8. The van der Waals surface area contributed by atoms with Crippen LogP contribution in [0.25, 0.3) is 0 Å². The first kappa shape index (κ1) is 30.8. The number of ether oxygens (including phenoxy) is 1. The van der Waals surface area contributed by atoms with Gasteiger partial charge in [0.05, 0.1) is 53.5 Å². The third kappa shape index (κ3) is 7.18. The number of amides is 1. The van der Waals surface area contributed by atoms with Crippen LogP contribution in [0, 0.1) is 11.3 Å². The van der Waals surface area contributed by atoms with Gasteiger partial charge in [0.15, 0.2) is 9.84 Å². The van der Waals surface area contributed by atoms with Crippen molar-refractivity contribution < 1.29 is 36.2 Å². The quantitative estimate of drug-likeness (QED) is 0.351. The molecule has 2 heterocycles. The lowest BCUT2D eigenvalue weighted by Gasteiger charge is -2.23. The zero-order valence-electron chi connectivity index (χ0n) is 22.6. The van der Waals surface area contributed by atoms with Gasteiger partial charge in [-0.3, -0.25) is 4.79 Å². The second-order valence-electron chi connectivity index (χ2n) is 9.75. The third-order valence-electron chi connectivity index (χ3n) is 7.00. The normalized spacial score (nSPS) is 17.9. The van der Waals surface area contributed by atoms with E-state index in [0.29, 0.717) is 24.3 Å². The van der Waals surface area contributed by atoms with Gasteiger partial charge >= 0.3 is 6.18 Å². The molecule has 1 amide bonds. The molecule has 4 rings (SSSR count). The number of anilines is 1. The van der Waals surface area contributed by atoms with Crippen molar-refractivity contribution >= 4 is 21.6 Å². The number of sulfone groups is 1. The summed E-state index contributed by atoms with van der Waals surface area (Å²) in [5.74, 6) is 0.232. The SMILES string of the molecule is CCS(=O)(=O)c1ccc([C@H](CO)NC(=O)c2ccc(N3C[C@H](Oc4ccc(C(F)(F)F)cc4)C[C@H]3CC#N)nc2)cc1. The summed E-state index contributed by atoms with van der Waals surface area (Å²) in [5, 5.41) is 21.9. The highest BCUT2D eigenvalue weighted by molar-refractivity contribution is 7.91. The summed E-state index contributed by atoms with van der Waals surface area (Å²) in [4.78, 5) is 19.3. The van der Waals surface area contributed by atoms with Gasteiger partial charge in [-0.25, -0.2) is 13.4 Å². The summed E-state index contributed by atoms with van der Waals surface area (Å²) in [5.41, 5.74) is -0.0267. The van der Waals surface area contributed by atoms with Gasteiger partial charge < -0.3 is 20.1 Å². The lowest BCUT2D eigenvalue weighted by molar-refractivity contribution is -0.137. The molecule has 1 aromatic heterocycles. The highest BCUT2D eigenvalue weighted by Crippen LogP contribution is 2.32. The van der Waals surface area contributed by atoms with E-state index in [-0.39, 0.29) is 34.4 Å². The van der Waals surface area contributed by atoms with Crippen LogP contribution >= 0.6 is 0 Å². The molecule has 9 nitrogen and oxygen atoms in total. The van der Waals surface area contributed by atoms with E-state index in [1.54, 1.807) is 19.1 Å². The maximum Gasteiger partial charge on any atom is 0.416 e. The molecule has 222 valence electrons. The minimum atomic E-state index is -4.44. The molecule has 13 heteroatoms. The Bertz CT molecular complexity index is 1520. The number of nitriles is 1. The van der Waals surface area contributed by atoms with Crippen LogP contribution in [-0.4, -0.2) is 55.5 Å². The fraction of sp³-hybridized carbons (Fsp3) is 0.345. The molecule has 0 unspecified atom stereocenters. The van der Waals surface area contributed by atoms with Crippen molar-refractivity contribution in [1.82, 2.24) is 10.3 Å². The van der Waals surface area contributed by atoms with Gasteiger partial charge in [0.25, 0.3) is 5.91 Å². The molecule has 0 radical (unpaired) electrons. The highest BCUT2D eigenvalue weighted by atomic mass is 32.2. The molecule has 0 saturated carbocycles. The summed E-state index contributed by atoms with van der Waals surface area (Å²) in [6.07, 6.45) is -2.85. The Labute approximate surface area is 241 Å². The van der Waals surface area contributed by atoms with E-state index in [1.807, 2.05) is 4.90 Å².